The molecule has 0 aliphatic rings. The van der Waals surface area contributed by atoms with E-state index in [0.717, 1.165) is 33.2 Å². The molecule has 142 valence electrons. The third-order valence-electron chi connectivity index (χ3n) is 4.52. The Morgan fingerprint density at radius 3 is 2.64 bits per heavy atom. The van der Waals surface area contributed by atoms with Gasteiger partial charge in [-0.15, -0.1) is 10.2 Å². The number of nitrogens with zero attached hydrogens (tertiary/aromatic N) is 2. The summed E-state index contributed by atoms with van der Waals surface area (Å²) in [5, 5.41) is 9.41. The zero-order valence-corrected chi connectivity index (χ0v) is 16.1. The van der Waals surface area contributed by atoms with E-state index in [1.165, 1.54) is 0 Å². The third-order valence-corrected chi connectivity index (χ3v) is 4.77. The van der Waals surface area contributed by atoms with E-state index in [4.69, 9.17) is 25.2 Å². The Labute approximate surface area is 166 Å². The molecule has 2 aromatic heterocycles. The Bertz CT molecular complexity index is 1150. The minimum Gasteiger partial charge on any atom is -0.464 e. The summed E-state index contributed by atoms with van der Waals surface area (Å²) in [6.45, 7) is 3.96. The minimum absolute atomic E-state index is 0.0899. The number of benzene rings is 2. The van der Waals surface area contributed by atoms with Crippen LogP contribution in [-0.4, -0.2) is 16.2 Å². The normalized spacial score (nSPS) is 11.1. The topological polar surface area (TPSA) is 78.4 Å². The van der Waals surface area contributed by atoms with E-state index in [9.17, 15) is 4.79 Å². The van der Waals surface area contributed by atoms with Crippen LogP contribution in [0, 0.1) is 13.8 Å². The number of ether oxygens (including phenoxy) is 1. The predicted molar refractivity (Wildman–Crippen MR) is 104 cm³/mol. The second kappa shape index (κ2) is 7.48. The number of esters is 1. The van der Waals surface area contributed by atoms with Crippen LogP contribution in [0.2, 0.25) is 5.02 Å². The van der Waals surface area contributed by atoms with Crippen molar-refractivity contribution in [2.75, 3.05) is 0 Å². The van der Waals surface area contributed by atoms with Gasteiger partial charge in [-0.1, -0.05) is 11.6 Å². The van der Waals surface area contributed by atoms with Crippen LogP contribution < -0.4 is 0 Å². The fourth-order valence-electron chi connectivity index (χ4n) is 2.84. The van der Waals surface area contributed by atoms with Crippen molar-refractivity contribution in [1.82, 2.24) is 10.2 Å². The summed E-state index contributed by atoms with van der Waals surface area (Å²) < 4.78 is 16.4. The zero-order chi connectivity index (χ0) is 19.7. The molecule has 0 N–H and O–H groups in total. The van der Waals surface area contributed by atoms with Crippen LogP contribution in [0.25, 0.3) is 22.4 Å². The van der Waals surface area contributed by atoms with Crippen molar-refractivity contribution in [3.63, 3.8) is 0 Å². The fraction of sp³-hybridized carbons (Fsp3) is 0.190. The molecule has 0 amide bonds. The summed E-state index contributed by atoms with van der Waals surface area (Å²) in [6, 6.07) is 11.0. The number of hydrogen-bond acceptors (Lipinski definition) is 6. The highest BCUT2D eigenvalue weighted by molar-refractivity contribution is 6.30. The number of aryl methyl sites for hydroxylation is 2. The van der Waals surface area contributed by atoms with Crippen molar-refractivity contribution in [3.8, 4) is 11.5 Å². The molecule has 0 unspecified atom stereocenters. The number of carbonyl (C=O) groups is 1. The molecular formula is C21H17ClN2O4. The van der Waals surface area contributed by atoms with Crippen molar-refractivity contribution in [2.24, 2.45) is 0 Å². The molecule has 0 saturated carbocycles. The highest BCUT2D eigenvalue weighted by atomic mass is 35.5. The van der Waals surface area contributed by atoms with Crippen molar-refractivity contribution in [2.45, 2.75) is 26.9 Å². The number of fused-ring (bicyclic) bond motifs is 1. The average molecular weight is 397 g/mol. The first-order valence-corrected chi connectivity index (χ1v) is 9.08. The van der Waals surface area contributed by atoms with Gasteiger partial charge in [-0.25, -0.2) is 0 Å². The standard InChI is InChI=1S/C21H17ClN2O4/c1-12-7-17-15(10-26-18(17)8-13(12)2)9-20(25)27-11-19-23-24-21(28-19)14-3-5-16(22)6-4-14/h3-8,10H,9,11H2,1-2H3. The Morgan fingerprint density at radius 2 is 1.86 bits per heavy atom. The lowest BCUT2D eigenvalue weighted by Gasteiger charge is -2.02. The SMILES string of the molecule is Cc1cc2occ(CC(=O)OCc3nnc(-c4ccc(Cl)cc4)o3)c2cc1C. The van der Waals surface area contributed by atoms with Gasteiger partial charge in [-0.3, -0.25) is 4.79 Å². The van der Waals surface area contributed by atoms with E-state index in [2.05, 4.69) is 10.2 Å². The van der Waals surface area contributed by atoms with E-state index < -0.39 is 5.97 Å². The summed E-state index contributed by atoms with van der Waals surface area (Å²) in [5.41, 5.74) is 4.57. The lowest BCUT2D eigenvalue weighted by molar-refractivity contribution is -0.144. The van der Waals surface area contributed by atoms with Gasteiger partial charge in [0.15, 0.2) is 6.61 Å². The van der Waals surface area contributed by atoms with E-state index >= 15 is 0 Å². The van der Waals surface area contributed by atoms with Crippen LogP contribution in [0.1, 0.15) is 22.6 Å². The molecule has 6 nitrogen and oxygen atoms in total. The molecule has 0 spiro atoms. The van der Waals surface area contributed by atoms with Crippen LogP contribution in [0.15, 0.2) is 51.5 Å². The molecular weight excluding hydrogens is 380 g/mol. The number of rotatable bonds is 5. The molecule has 0 aliphatic carbocycles. The Morgan fingerprint density at radius 1 is 1.11 bits per heavy atom. The van der Waals surface area contributed by atoms with Gasteiger partial charge < -0.3 is 13.6 Å². The van der Waals surface area contributed by atoms with Crippen LogP contribution >= 0.6 is 11.6 Å². The maximum absolute atomic E-state index is 12.2. The number of carbonyl (C=O) groups excluding carboxylic acids is 1. The summed E-state index contributed by atoms with van der Waals surface area (Å²) in [7, 11) is 0. The molecule has 4 rings (SSSR count). The van der Waals surface area contributed by atoms with E-state index in [-0.39, 0.29) is 18.9 Å². The van der Waals surface area contributed by atoms with Crippen molar-refractivity contribution >= 4 is 28.5 Å². The van der Waals surface area contributed by atoms with Gasteiger partial charge in [-0.05, 0) is 61.4 Å². The first-order valence-electron chi connectivity index (χ1n) is 8.71. The lowest BCUT2D eigenvalue weighted by atomic mass is 10.0. The van der Waals surface area contributed by atoms with Crippen molar-refractivity contribution < 1.29 is 18.4 Å². The number of hydrogen-bond donors (Lipinski definition) is 0. The summed E-state index contributed by atoms with van der Waals surface area (Å²) in [4.78, 5) is 12.2. The average Bonchev–Trinajstić information content (AvgIpc) is 3.29. The molecule has 2 aromatic carbocycles. The second-order valence-electron chi connectivity index (χ2n) is 6.54. The van der Waals surface area contributed by atoms with Gasteiger partial charge >= 0.3 is 5.97 Å². The van der Waals surface area contributed by atoms with Gasteiger partial charge in [0.25, 0.3) is 5.89 Å². The smallest absolute Gasteiger partial charge is 0.310 e. The summed E-state index contributed by atoms with van der Waals surface area (Å²) >= 11 is 5.87. The zero-order valence-electron chi connectivity index (χ0n) is 15.4. The fourth-order valence-corrected chi connectivity index (χ4v) is 2.97. The van der Waals surface area contributed by atoms with Gasteiger partial charge in [0.2, 0.25) is 5.89 Å². The molecule has 4 aromatic rings. The highest BCUT2D eigenvalue weighted by Gasteiger charge is 2.15. The highest BCUT2D eigenvalue weighted by Crippen LogP contribution is 2.25. The number of furan rings is 1. The van der Waals surface area contributed by atoms with Crippen LogP contribution in [-0.2, 0) is 22.6 Å². The molecule has 28 heavy (non-hydrogen) atoms. The molecule has 0 fully saturated rings. The van der Waals surface area contributed by atoms with Crippen molar-refractivity contribution in [3.05, 3.63) is 70.3 Å². The Balaban J connectivity index is 1.40. The summed E-state index contributed by atoms with van der Waals surface area (Å²) in [6.07, 6.45) is 1.70. The van der Waals surface area contributed by atoms with E-state index in [0.29, 0.717) is 10.9 Å². The van der Waals surface area contributed by atoms with Gasteiger partial charge in [0.05, 0.1) is 12.7 Å². The Kier molecular flexibility index (Phi) is 4.88. The quantitative estimate of drug-likeness (QED) is 0.440. The van der Waals surface area contributed by atoms with Crippen LogP contribution in [0.3, 0.4) is 0 Å². The minimum atomic E-state index is -0.396. The van der Waals surface area contributed by atoms with Gasteiger partial charge in [0.1, 0.15) is 5.58 Å². The maximum atomic E-state index is 12.2. The summed E-state index contributed by atoms with van der Waals surface area (Å²) in [5.74, 6) is 0.170. The van der Waals surface area contributed by atoms with Crippen molar-refractivity contribution in [1.29, 1.82) is 0 Å². The number of aromatic nitrogens is 2. The molecule has 0 aliphatic heterocycles. The molecule has 0 bridgehead atoms. The van der Waals surface area contributed by atoms with E-state index in [1.54, 1.807) is 30.5 Å². The largest absolute Gasteiger partial charge is 0.464 e. The van der Waals surface area contributed by atoms with Gasteiger partial charge in [0, 0.05) is 21.5 Å². The first kappa shape index (κ1) is 18.3. The molecule has 0 radical (unpaired) electrons. The van der Waals surface area contributed by atoms with E-state index in [1.807, 2.05) is 26.0 Å². The Hall–Kier alpha value is -3.12. The predicted octanol–water partition coefficient (Wildman–Crippen LogP) is 5.04. The molecule has 2 heterocycles. The maximum Gasteiger partial charge on any atom is 0.310 e. The molecule has 7 heteroatoms. The molecule has 0 saturated heterocycles. The number of halogens is 1. The third kappa shape index (κ3) is 3.77. The molecule has 0 atom stereocenters. The second-order valence-corrected chi connectivity index (χ2v) is 6.98. The first-order chi connectivity index (χ1) is 13.5. The van der Waals surface area contributed by atoms with Gasteiger partial charge in [-0.2, -0.15) is 0 Å². The van der Waals surface area contributed by atoms with Crippen LogP contribution in [0.5, 0.6) is 0 Å². The van der Waals surface area contributed by atoms with Crippen LogP contribution in [0.4, 0.5) is 0 Å². The lowest BCUT2D eigenvalue weighted by Crippen LogP contribution is -2.08. The monoisotopic (exact) mass is 396 g/mol.